The Labute approximate surface area is 159 Å². The van der Waals surface area contributed by atoms with Gasteiger partial charge in [0.2, 0.25) is 0 Å². The summed E-state index contributed by atoms with van der Waals surface area (Å²) in [5, 5.41) is 9.15. The molecule has 2 saturated heterocycles. The van der Waals surface area contributed by atoms with Crippen molar-refractivity contribution < 1.29 is 19.0 Å². The molecule has 0 bridgehead atoms. The van der Waals surface area contributed by atoms with Crippen LogP contribution < -0.4 is 9.47 Å². The maximum absolute atomic E-state index is 11.5. The van der Waals surface area contributed by atoms with Crippen molar-refractivity contribution in [1.29, 1.82) is 5.26 Å². The van der Waals surface area contributed by atoms with E-state index in [2.05, 4.69) is 11.0 Å². The number of likely N-dealkylation sites (tertiary alicyclic amines) is 1. The number of fused-ring (bicyclic) bond motifs is 1. The molecule has 1 atom stereocenters. The zero-order valence-electron chi connectivity index (χ0n) is 15.4. The molecule has 27 heavy (non-hydrogen) atoms. The minimum absolute atomic E-state index is 0.0117. The molecule has 144 valence electrons. The van der Waals surface area contributed by atoms with Gasteiger partial charge in [-0.25, -0.2) is 4.79 Å². The molecule has 0 spiro atoms. The van der Waals surface area contributed by atoms with Gasteiger partial charge in [-0.1, -0.05) is 6.07 Å². The van der Waals surface area contributed by atoms with Crippen LogP contribution in [0.2, 0.25) is 0 Å². The molecule has 3 heterocycles. The molecule has 3 aliphatic rings. The largest absolute Gasteiger partial charge is 0.484 e. The molecule has 0 radical (unpaired) electrons. The number of cyclic esters (lactones) is 1. The van der Waals surface area contributed by atoms with Crippen LogP contribution >= 0.6 is 0 Å². The summed E-state index contributed by atoms with van der Waals surface area (Å²) in [5.74, 6) is 1.89. The lowest BCUT2D eigenvalue weighted by Crippen LogP contribution is -2.44. The molecule has 0 saturated carbocycles. The number of carbonyl (C=O) groups excluding carboxylic acids is 1. The van der Waals surface area contributed by atoms with Gasteiger partial charge in [-0.05, 0) is 50.4 Å². The molecule has 1 amide bonds. The number of amides is 1. The third-order valence-corrected chi connectivity index (χ3v) is 5.63. The van der Waals surface area contributed by atoms with Gasteiger partial charge in [0.25, 0.3) is 0 Å². The number of hydrogen-bond acceptors (Lipinski definition) is 6. The minimum Gasteiger partial charge on any atom is -0.484 e. The van der Waals surface area contributed by atoms with Crippen molar-refractivity contribution in [3.63, 3.8) is 0 Å². The summed E-state index contributed by atoms with van der Waals surface area (Å²) >= 11 is 0. The van der Waals surface area contributed by atoms with Crippen LogP contribution in [0.15, 0.2) is 18.2 Å². The maximum Gasteiger partial charge on any atom is 0.409 e. The number of benzene rings is 1. The fraction of sp³-hybridized carbons (Fsp3) is 0.600. The Balaban J connectivity index is 1.22. The van der Waals surface area contributed by atoms with Crippen molar-refractivity contribution in [3.8, 4) is 17.6 Å². The number of para-hydroxylation sites is 1. The molecule has 7 heteroatoms. The summed E-state index contributed by atoms with van der Waals surface area (Å²) in [6, 6.07) is 7.57. The highest BCUT2D eigenvalue weighted by atomic mass is 16.6. The fourth-order valence-electron chi connectivity index (χ4n) is 4.04. The zero-order valence-corrected chi connectivity index (χ0v) is 15.4. The van der Waals surface area contributed by atoms with Crippen molar-refractivity contribution in [2.45, 2.75) is 25.4 Å². The standard InChI is InChI=1S/C20H25N3O4/c21-12-16-2-1-3-18-19(16)26-14-17(27-18)13-22-7-4-15(5-8-22)6-9-23-10-11-25-20(23)24/h1-3,15,17H,4-11,13-14H2. The van der Waals surface area contributed by atoms with E-state index in [-0.39, 0.29) is 12.2 Å². The number of rotatable bonds is 5. The first kappa shape index (κ1) is 17.9. The van der Waals surface area contributed by atoms with Crippen LogP contribution in [0.4, 0.5) is 4.79 Å². The van der Waals surface area contributed by atoms with Gasteiger partial charge in [-0.3, -0.25) is 4.90 Å². The van der Waals surface area contributed by atoms with Gasteiger partial charge in [0.05, 0.1) is 12.1 Å². The van der Waals surface area contributed by atoms with Crippen LogP contribution in [-0.2, 0) is 4.74 Å². The highest BCUT2D eigenvalue weighted by Gasteiger charge is 2.28. The normalized spacial score (nSPS) is 23.1. The van der Waals surface area contributed by atoms with Crippen LogP contribution in [0.25, 0.3) is 0 Å². The molecular formula is C20H25N3O4. The molecule has 1 aromatic carbocycles. The molecule has 4 rings (SSSR count). The van der Waals surface area contributed by atoms with Crippen molar-refractivity contribution >= 4 is 6.09 Å². The second kappa shape index (κ2) is 8.05. The summed E-state index contributed by atoms with van der Waals surface area (Å²) in [4.78, 5) is 15.7. The predicted octanol–water partition coefficient (Wildman–Crippen LogP) is 2.25. The van der Waals surface area contributed by atoms with Crippen LogP contribution in [-0.4, -0.2) is 67.9 Å². The highest BCUT2D eigenvalue weighted by Crippen LogP contribution is 2.35. The van der Waals surface area contributed by atoms with E-state index in [1.165, 1.54) is 0 Å². The first-order valence-corrected chi connectivity index (χ1v) is 9.69. The molecule has 0 N–H and O–H groups in total. The molecule has 2 fully saturated rings. The van der Waals surface area contributed by atoms with Crippen LogP contribution in [0.1, 0.15) is 24.8 Å². The lowest BCUT2D eigenvalue weighted by atomic mass is 9.93. The van der Waals surface area contributed by atoms with E-state index >= 15 is 0 Å². The molecule has 3 aliphatic heterocycles. The lowest BCUT2D eigenvalue weighted by Gasteiger charge is -2.36. The molecule has 1 unspecified atom stereocenters. The fourth-order valence-corrected chi connectivity index (χ4v) is 4.04. The van der Waals surface area contributed by atoms with E-state index in [0.29, 0.717) is 36.2 Å². The summed E-state index contributed by atoms with van der Waals surface area (Å²) in [6.07, 6.45) is 3.16. The molecule has 1 aromatic rings. The van der Waals surface area contributed by atoms with Crippen molar-refractivity contribution in [2.75, 3.05) is 45.9 Å². The van der Waals surface area contributed by atoms with Gasteiger partial charge < -0.3 is 19.1 Å². The third-order valence-electron chi connectivity index (χ3n) is 5.63. The van der Waals surface area contributed by atoms with Crippen LogP contribution in [0.5, 0.6) is 11.5 Å². The maximum atomic E-state index is 11.5. The van der Waals surface area contributed by atoms with E-state index in [4.69, 9.17) is 19.5 Å². The van der Waals surface area contributed by atoms with E-state index in [1.807, 2.05) is 17.0 Å². The number of hydrogen-bond donors (Lipinski definition) is 0. The highest BCUT2D eigenvalue weighted by molar-refractivity contribution is 5.69. The Morgan fingerprint density at radius 3 is 2.78 bits per heavy atom. The molecule has 7 nitrogen and oxygen atoms in total. The monoisotopic (exact) mass is 371 g/mol. The van der Waals surface area contributed by atoms with Gasteiger partial charge in [0.1, 0.15) is 25.4 Å². The Bertz CT molecular complexity index is 724. The van der Waals surface area contributed by atoms with Gasteiger partial charge in [-0.15, -0.1) is 0 Å². The number of nitriles is 1. The second-order valence-electron chi connectivity index (χ2n) is 7.43. The van der Waals surface area contributed by atoms with Crippen LogP contribution in [0, 0.1) is 17.2 Å². The topological polar surface area (TPSA) is 75.0 Å². The van der Waals surface area contributed by atoms with E-state index in [1.54, 1.807) is 6.07 Å². The average molecular weight is 371 g/mol. The summed E-state index contributed by atoms with van der Waals surface area (Å²) in [7, 11) is 0. The van der Waals surface area contributed by atoms with Crippen molar-refractivity contribution in [2.24, 2.45) is 5.92 Å². The number of piperidine rings is 1. The Kier molecular flexibility index (Phi) is 5.35. The zero-order chi connectivity index (χ0) is 18.6. The van der Waals surface area contributed by atoms with Crippen LogP contribution in [0.3, 0.4) is 0 Å². The van der Waals surface area contributed by atoms with E-state index < -0.39 is 0 Å². The first-order chi connectivity index (χ1) is 13.2. The number of carbonyl (C=O) groups is 1. The second-order valence-corrected chi connectivity index (χ2v) is 7.43. The van der Waals surface area contributed by atoms with Gasteiger partial charge in [-0.2, -0.15) is 5.26 Å². The number of ether oxygens (including phenoxy) is 3. The average Bonchev–Trinajstić information content (AvgIpc) is 3.11. The molecule has 0 aromatic heterocycles. The van der Waals surface area contributed by atoms with Gasteiger partial charge in [0.15, 0.2) is 11.5 Å². The van der Waals surface area contributed by atoms with Gasteiger partial charge >= 0.3 is 6.09 Å². The Morgan fingerprint density at radius 2 is 2.04 bits per heavy atom. The van der Waals surface area contributed by atoms with Crippen molar-refractivity contribution in [1.82, 2.24) is 9.80 Å². The summed E-state index contributed by atoms with van der Waals surface area (Å²) < 4.78 is 16.8. The van der Waals surface area contributed by atoms with Crippen molar-refractivity contribution in [3.05, 3.63) is 23.8 Å². The quantitative estimate of drug-likeness (QED) is 0.790. The predicted molar refractivity (Wildman–Crippen MR) is 97.8 cm³/mol. The van der Waals surface area contributed by atoms with E-state index in [0.717, 1.165) is 52.0 Å². The van der Waals surface area contributed by atoms with E-state index in [9.17, 15) is 4.79 Å². The smallest absolute Gasteiger partial charge is 0.409 e. The minimum atomic E-state index is -0.165. The molecular weight excluding hydrogens is 346 g/mol. The Morgan fingerprint density at radius 1 is 1.19 bits per heavy atom. The lowest BCUT2D eigenvalue weighted by molar-refractivity contribution is 0.0466. The van der Waals surface area contributed by atoms with Gasteiger partial charge in [0, 0.05) is 13.1 Å². The third kappa shape index (κ3) is 4.11. The number of nitrogens with zero attached hydrogens (tertiary/aromatic N) is 3. The summed E-state index contributed by atoms with van der Waals surface area (Å²) in [6.45, 7) is 5.46. The SMILES string of the molecule is N#Cc1cccc2c1OCC(CN1CCC(CCN3CCOC3=O)CC1)O2. The Hall–Kier alpha value is -2.46. The summed E-state index contributed by atoms with van der Waals surface area (Å²) in [5.41, 5.74) is 0.522. The molecule has 0 aliphatic carbocycles. The first-order valence-electron chi connectivity index (χ1n) is 9.69.